The van der Waals surface area contributed by atoms with Gasteiger partial charge in [-0.05, 0) is 18.1 Å². The summed E-state index contributed by atoms with van der Waals surface area (Å²) in [6.07, 6.45) is 0.804. The van der Waals surface area contributed by atoms with Crippen molar-refractivity contribution in [3.8, 4) is 0 Å². The van der Waals surface area contributed by atoms with E-state index in [4.69, 9.17) is 10.5 Å². The fourth-order valence-electron chi connectivity index (χ4n) is 1.95. The van der Waals surface area contributed by atoms with E-state index in [1.54, 1.807) is 4.90 Å². The van der Waals surface area contributed by atoms with Gasteiger partial charge in [0.05, 0.1) is 13.2 Å². The molecule has 0 spiro atoms. The fraction of sp³-hybridized carbons (Fsp3) is 0.462. The van der Waals surface area contributed by atoms with Crippen molar-refractivity contribution in [2.24, 2.45) is 0 Å². The summed E-state index contributed by atoms with van der Waals surface area (Å²) in [5.41, 5.74) is 7.75. The number of carbonyl (C=O) groups excluding carboxylic acids is 1. The highest BCUT2D eigenvalue weighted by atomic mass is 16.5. The van der Waals surface area contributed by atoms with Crippen molar-refractivity contribution in [2.75, 3.05) is 38.6 Å². The first-order valence-corrected chi connectivity index (χ1v) is 6.21. The van der Waals surface area contributed by atoms with Crippen molar-refractivity contribution in [1.82, 2.24) is 10.2 Å². The summed E-state index contributed by atoms with van der Waals surface area (Å²) < 4.78 is 5.53. The predicted octanol–water partition coefficient (Wildman–Crippen LogP) is 0.853. The third kappa shape index (κ3) is 3.37. The van der Waals surface area contributed by atoms with Gasteiger partial charge >= 0.3 is 6.03 Å². The number of nitrogens with zero attached hydrogens (tertiary/aromatic N) is 1. The lowest BCUT2D eigenvalue weighted by molar-refractivity contribution is 0.118. The Bertz CT molecular complexity index is 409. The minimum absolute atomic E-state index is 0.00547. The number of nitrogens with one attached hydrogen (secondary N) is 1. The Hall–Kier alpha value is -1.75. The molecule has 3 N–H and O–H groups in total. The maximum absolute atomic E-state index is 11.2. The van der Waals surface area contributed by atoms with E-state index in [0.29, 0.717) is 19.8 Å². The molecule has 2 amide bonds. The van der Waals surface area contributed by atoms with Crippen LogP contribution >= 0.6 is 0 Å². The lowest BCUT2D eigenvalue weighted by Gasteiger charge is -2.14. The maximum Gasteiger partial charge on any atom is 0.317 e. The number of nitrogens with two attached hydrogens (primary N) is 1. The van der Waals surface area contributed by atoms with Gasteiger partial charge < -0.3 is 20.7 Å². The molecule has 0 unspecified atom stereocenters. The lowest BCUT2D eigenvalue weighted by atomic mass is 10.1. The van der Waals surface area contributed by atoms with Gasteiger partial charge in [-0.25, -0.2) is 4.79 Å². The van der Waals surface area contributed by atoms with Crippen LogP contribution in [0.2, 0.25) is 0 Å². The summed E-state index contributed by atoms with van der Waals surface area (Å²) in [6, 6.07) is 7.80. The summed E-state index contributed by atoms with van der Waals surface area (Å²) in [4.78, 5) is 13.0. The number of hydrogen-bond donors (Lipinski definition) is 2. The molecule has 2 rings (SSSR count). The second kappa shape index (κ2) is 6.26. The molecular formula is C13H19N3O2. The number of hydrogen-bond acceptors (Lipinski definition) is 3. The first kappa shape index (κ1) is 12.7. The van der Waals surface area contributed by atoms with Crippen LogP contribution in [-0.2, 0) is 11.2 Å². The van der Waals surface area contributed by atoms with E-state index in [9.17, 15) is 4.79 Å². The van der Waals surface area contributed by atoms with Crippen LogP contribution in [0.15, 0.2) is 24.3 Å². The van der Waals surface area contributed by atoms with Crippen molar-refractivity contribution in [2.45, 2.75) is 6.42 Å². The second-order valence-corrected chi connectivity index (χ2v) is 4.28. The molecule has 1 aromatic rings. The van der Waals surface area contributed by atoms with E-state index in [1.807, 2.05) is 24.3 Å². The van der Waals surface area contributed by atoms with Crippen molar-refractivity contribution in [3.63, 3.8) is 0 Å². The van der Waals surface area contributed by atoms with Crippen molar-refractivity contribution < 1.29 is 9.53 Å². The average Bonchev–Trinajstić information content (AvgIpc) is 2.77. The predicted molar refractivity (Wildman–Crippen MR) is 70.3 cm³/mol. The zero-order valence-corrected chi connectivity index (χ0v) is 10.4. The summed E-state index contributed by atoms with van der Waals surface area (Å²) >= 11 is 0. The number of ether oxygens (including phenoxy) is 1. The zero-order valence-electron chi connectivity index (χ0n) is 10.4. The van der Waals surface area contributed by atoms with Crippen LogP contribution in [0.3, 0.4) is 0 Å². The van der Waals surface area contributed by atoms with Crippen molar-refractivity contribution in [3.05, 3.63) is 29.8 Å². The Labute approximate surface area is 107 Å². The Morgan fingerprint density at radius 2 is 2.17 bits per heavy atom. The number of para-hydroxylation sites is 1. The van der Waals surface area contributed by atoms with Gasteiger partial charge in [0, 0.05) is 25.3 Å². The van der Waals surface area contributed by atoms with Gasteiger partial charge in [0.2, 0.25) is 0 Å². The van der Waals surface area contributed by atoms with Gasteiger partial charge in [0.25, 0.3) is 0 Å². The highest BCUT2D eigenvalue weighted by Crippen LogP contribution is 2.10. The van der Waals surface area contributed by atoms with Gasteiger partial charge in [-0.15, -0.1) is 0 Å². The zero-order chi connectivity index (χ0) is 12.8. The molecule has 1 saturated heterocycles. The topological polar surface area (TPSA) is 67.6 Å². The molecule has 1 aliphatic heterocycles. The number of benzene rings is 1. The molecule has 98 valence electrons. The standard InChI is InChI=1S/C13H19N3O2/c14-12-4-2-1-3-11(12)5-9-18-10-8-16-7-6-15-13(16)17/h1-4H,5-10,14H2,(H,15,17). The summed E-state index contributed by atoms with van der Waals surface area (Å²) in [5.74, 6) is 0. The highest BCUT2D eigenvalue weighted by Gasteiger charge is 2.18. The average molecular weight is 249 g/mol. The van der Waals surface area contributed by atoms with E-state index in [0.717, 1.165) is 30.8 Å². The Morgan fingerprint density at radius 3 is 2.89 bits per heavy atom. The van der Waals surface area contributed by atoms with Crippen LogP contribution < -0.4 is 11.1 Å². The number of rotatable bonds is 6. The quantitative estimate of drug-likeness (QED) is 0.580. The molecule has 0 aliphatic carbocycles. The molecule has 5 heteroatoms. The Morgan fingerprint density at radius 1 is 1.33 bits per heavy atom. The Balaban J connectivity index is 1.62. The second-order valence-electron chi connectivity index (χ2n) is 4.28. The normalized spacial score (nSPS) is 14.9. The first-order chi connectivity index (χ1) is 8.77. The van der Waals surface area contributed by atoms with Gasteiger partial charge in [0.1, 0.15) is 0 Å². The number of amides is 2. The third-order valence-corrected chi connectivity index (χ3v) is 3.02. The first-order valence-electron chi connectivity index (χ1n) is 6.21. The molecule has 0 bridgehead atoms. The molecular weight excluding hydrogens is 230 g/mol. The summed E-state index contributed by atoms with van der Waals surface area (Å²) in [5, 5.41) is 2.76. The third-order valence-electron chi connectivity index (χ3n) is 3.02. The molecule has 1 heterocycles. The van der Waals surface area contributed by atoms with Gasteiger partial charge in [-0.2, -0.15) is 0 Å². The van der Waals surface area contributed by atoms with Crippen LogP contribution in [0, 0.1) is 0 Å². The largest absolute Gasteiger partial charge is 0.399 e. The van der Waals surface area contributed by atoms with Gasteiger partial charge in [0.15, 0.2) is 0 Å². The fourth-order valence-corrected chi connectivity index (χ4v) is 1.95. The van der Waals surface area contributed by atoms with Crippen LogP contribution in [0.1, 0.15) is 5.56 Å². The highest BCUT2D eigenvalue weighted by molar-refractivity contribution is 5.76. The maximum atomic E-state index is 11.2. The Kier molecular flexibility index (Phi) is 4.41. The number of nitrogen functional groups attached to an aromatic ring is 1. The minimum atomic E-state index is 0.00547. The van der Waals surface area contributed by atoms with Gasteiger partial charge in [-0.3, -0.25) is 0 Å². The molecule has 5 nitrogen and oxygen atoms in total. The molecule has 1 aliphatic rings. The van der Waals surface area contributed by atoms with Crippen LogP contribution in [-0.4, -0.2) is 43.8 Å². The van der Waals surface area contributed by atoms with E-state index >= 15 is 0 Å². The van der Waals surface area contributed by atoms with Crippen LogP contribution in [0.5, 0.6) is 0 Å². The van der Waals surface area contributed by atoms with E-state index < -0.39 is 0 Å². The monoisotopic (exact) mass is 249 g/mol. The van der Waals surface area contributed by atoms with E-state index in [1.165, 1.54) is 0 Å². The molecule has 1 fully saturated rings. The lowest BCUT2D eigenvalue weighted by Crippen LogP contribution is -2.31. The number of urea groups is 1. The van der Waals surface area contributed by atoms with E-state index in [2.05, 4.69) is 5.32 Å². The molecule has 0 saturated carbocycles. The molecule has 0 radical (unpaired) electrons. The van der Waals surface area contributed by atoms with Crippen molar-refractivity contribution >= 4 is 11.7 Å². The molecule has 18 heavy (non-hydrogen) atoms. The summed E-state index contributed by atoms with van der Waals surface area (Å²) in [7, 11) is 0. The number of carbonyl (C=O) groups is 1. The van der Waals surface area contributed by atoms with Crippen molar-refractivity contribution in [1.29, 1.82) is 0 Å². The van der Waals surface area contributed by atoms with Gasteiger partial charge in [-0.1, -0.05) is 18.2 Å². The van der Waals surface area contributed by atoms with E-state index in [-0.39, 0.29) is 6.03 Å². The molecule has 0 atom stereocenters. The van der Waals surface area contributed by atoms with Crippen LogP contribution in [0.4, 0.5) is 10.5 Å². The van der Waals surface area contributed by atoms with Crippen LogP contribution in [0.25, 0.3) is 0 Å². The minimum Gasteiger partial charge on any atom is -0.399 e. The molecule has 0 aromatic heterocycles. The molecule has 1 aromatic carbocycles. The number of anilines is 1. The summed E-state index contributed by atoms with van der Waals surface area (Å²) in [6.45, 7) is 3.35. The SMILES string of the molecule is Nc1ccccc1CCOCCN1CCNC1=O. The smallest absolute Gasteiger partial charge is 0.317 e.